The zero-order valence-electron chi connectivity index (χ0n) is 12.8. The van der Waals surface area contributed by atoms with Crippen LogP contribution in [0.15, 0.2) is 30.5 Å². The molecular weight excluding hydrogens is 312 g/mol. The molecule has 6 nitrogen and oxygen atoms in total. The Bertz CT molecular complexity index is 724. The van der Waals surface area contributed by atoms with Gasteiger partial charge in [-0.15, -0.1) is 11.3 Å². The van der Waals surface area contributed by atoms with E-state index in [4.69, 9.17) is 0 Å². The number of anilines is 1. The molecule has 1 aromatic carbocycles. The van der Waals surface area contributed by atoms with Crippen molar-refractivity contribution in [2.45, 2.75) is 32.4 Å². The number of rotatable bonds is 5. The maximum Gasteiger partial charge on any atom is 0.319 e. The largest absolute Gasteiger partial charge is 0.349 e. The van der Waals surface area contributed by atoms with Crippen molar-refractivity contribution < 1.29 is 9.59 Å². The third kappa shape index (κ3) is 4.53. The molecule has 0 radical (unpaired) electrons. The number of hydrogen-bond donors (Lipinski definition) is 3. The maximum atomic E-state index is 12.0. The molecule has 7 heteroatoms. The van der Waals surface area contributed by atoms with E-state index in [1.807, 2.05) is 6.92 Å². The van der Waals surface area contributed by atoms with Crippen LogP contribution in [0.5, 0.6) is 0 Å². The molecule has 1 heterocycles. The molecule has 1 aliphatic rings. The van der Waals surface area contributed by atoms with Crippen molar-refractivity contribution in [1.82, 2.24) is 15.6 Å². The Labute approximate surface area is 138 Å². The van der Waals surface area contributed by atoms with Gasteiger partial charge in [0.25, 0.3) is 5.91 Å². The van der Waals surface area contributed by atoms with Crippen LogP contribution < -0.4 is 16.0 Å². The van der Waals surface area contributed by atoms with E-state index in [1.165, 1.54) is 0 Å². The second-order valence-corrected chi connectivity index (χ2v) is 6.80. The summed E-state index contributed by atoms with van der Waals surface area (Å²) >= 11 is 1.55. The third-order valence-electron chi connectivity index (χ3n) is 3.39. The van der Waals surface area contributed by atoms with Crippen LogP contribution in [0.1, 0.15) is 33.1 Å². The van der Waals surface area contributed by atoms with Crippen LogP contribution in [0.4, 0.5) is 10.5 Å². The molecule has 3 N–H and O–H groups in total. The summed E-state index contributed by atoms with van der Waals surface area (Å²) in [7, 11) is 0. The van der Waals surface area contributed by atoms with Crippen molar-refractivity contribution in [3.63, 3.8) is 0 Å². The second kappa shape index (κ2) is 6.78. The highest BCUT2D eigenvalue weighted by Gasteiger charge is 2.23. The van der Waals surface area contributed by atoms with Crippen molar-refractivity contribution in [3.8, 4) is 0 Å². The predicted molar refractivity (Wildman–Crippen MR) is 89.6 cm³/mol. The molecule has 1 fully saturated rings. The minimum atomic E-state index is -0.309. The van der Waals surface area contributed by atoms with Crippen molar-refractivity contribution in [2.24, 2.45) is 0 Å². The van der Waals surface area contributed by atoms with Gasteiger partial charge in [-0.3, -0.25) is 4.79 Å². The van der Waals surface area contributed by atoms with Crippen LogP contribution >= 0.6 is 11.3 Å². The van der Waals surface area contributed by atoms with Gasteiger partial charge in [-0.05, 0) is 38.0 Å². The first-order valence-electron chi connectivity index (χ1n) is 7.47. The number of amides is 3. The van der Waals surface area contributed by atoms with E-state index in [0.29, 0.717) is 23.8 Å². The summed E-state index contributed by atoms with van der Waals surface area (Å²) in [4.78, 5) is 29.1. The lowest BCUT2D eigenvalue weighted by Crippen LogP contribution is -2.28. The van der Waals surface area contributed by atoms with Crippen LogP contribution in [0, 0.1) is 6.92 Å². The van der Waals surface area contributed by atoms with Gasteiger partial charge in [0, 0.05) is 28.4 Å². The van der Waals surface area contributed by atoms with Crippen LogP contribution in [-0.4, -0.2) is 23.0 Å². The van der Waals surface area contributed by atoms with Gasteiger partial charge >= 0.3 is 6.03 Å². The monoisotopic (exact) mass is 330 g/mol. The van der Waals surface area contributed by atoms with E-state index in [1.54, 1.807) is 41.8 Å². The fraction of sp³-hybridized carbons (Fsp3) is 0.312. The van der Waals surface area contributed by atoms with Crippen LogP contribution in [0.2, 0.25) is 0 Å². The van der Waals surface area contributed by atoms with Gasteiger partial charge in [0.05, 0.1) is 11.6 Å². The zero-order chi connectivity index (χ0) is 16.2. The number of thiazole rings is 1. The Kier molecular flexibility index (Phi) is 4.57. The average Bonchev–Trinajstić information content (AvgIpc) is 3.25. The lowest BCUT2D eigenvalue weighted by molar-refractivity contribution is 0.0951. The smallest absolute Gasteiger partial charge is 0.319 e. The van der Waals surface area contributed by atoms with E-state index < -0.39 is 0 Å². The fourth-order valence-corrected chi connectivity index (χ4v) is 2.80. The Morgan fingerprint density at radius 1 is 1.35 bits per heavy atom. The number of aryl methyl sites for hydroxylation is 1. The summed E-state index contributed by atoms with van der Waals surface area (Å²) < 4.78 is 0. The van der Waals surface area contributed by atoms with E-state index in [-0.39, 0.29) is 11.9 Å². The molecule has 2 aromatic rings. The number of carbonyl (C=O) groups is 2. The first kappa shape index (κ1) is 15.5. The van der Waals surface area contributed by atoms with Crippen molar-refractivity contribution in [1.29, 1.82) is 0 Å². The van der Waals surface area contributed by atoms with E-state index in [0.717, 1.165) is 22.7 Å². The number of urea groups is 1. The quantitative estimate of drug-likeness (QED) is 0.788. The number of carbonyl (C=O) groups excluding carboxylic acids is 2. The van der Waals surface area contributed by atoms with Crippen LogP contribution in [0.25, 0.3) is 0 Å². The first-order valence-corrected chi connectivity index (χ1v) is 8.29. The molecule has 0 aliphatic heterocycles. The number of benzene rings is 1. The predicted octanol–water partition coefficient (Wildman–Crippen LogP) is 2.67. The summed E-state index contributed by atoms with van der Waals surface area (Å²) in [5, 5.41) is 9.40. The van der Waals surface area contributed by atoms with Gasteiger partial charge in [-0.1, -0.05) is 6.07 Å². The van der Waals surface area contributed by atoms with Gasteiger partial charge < -0.3 is 16.0 Å². The fourth-order valence-electron chi connectivity index (χ4n) is 2.06. The third-order valence-corrected chi connectivity index (χ3v) is 4.30. The molecule has 0 spiro atoms. The van der Waals surface area contributed by atoms with Crippen molar-refractivity contribution in [3.05, 3.63) is 45.9 Å². The minimum absolute atomic E-state index is 0.100. The number of nitrogens with zero attached hydrogens (tertiary/aromatic N) is 1. The Balaban J connectivity index is 1.54. The Morgan fingerprint density at radius 2 is 2.17 bits per heavy atom. The summed E-state index contributed by atoms with van der Waals surface area (Å²) in [6, 6.07) is 6.92. The summed E-state index contributed by atoms with van der Waals surface area (Å²) in [6.45, 7) is 2.35. The molecule has 120 valence electrons. The van der Waals surface area contributed by atoms with Gasteiger partial charge in [-0.25, -0.2) is 9.78 Å². The molecule has 3 rings (SSSR count). The molecule has 23 heavy (non-hydrogen) atoms. The molecular formula is C16H18N4O2S. The molecule has 1 saturated carbocycles. The van der Waals surface area contributed by atoms with E-state index in [9.17, 15) is 9.59 Å². The maximum absolute atomic E-state index is 12.0. The van der Waals surface area contributed by atoms with Gasteiger partial charge in [0.2, 0.25) is 0 Å². The van der Waals surface area contributed by atoms with Crippen LogP contribution in [0.3, 0.4) is 0 Å². The zero-order valence-corrected chi connectivity index (χ0v) is 13.6. The highest BCUT2D eigenvalue weighted by molar-refractivity contribution is 7.11. The minimum Gasteiger partial charge on any atom is -0.349 e. The summed E-state index contributed by atoms with van der Waals surface area (Å²) in [6.07, 6.45) is 3.84. The normalized spacial score (nSPS) is 13.4. The highest BCUT2D eigenvalue weighted by Crippen LogP contribution is 2.20. The second-order valence-electron chi connectivity index (χ2n) is 5.48. The molecule has 0 bridgehead atoms. The standard InChI is InChI=1S/C16H18N4O2S/c1-10-17-8-14(23-10)9-18-16(22)20-13-4-2-3-11(7-13)15(21)19-12-5-6-12/h2-4,7-8,12H,5-6,9H2,1H3,(H,19,21)(H2,18,20,22). The van der Waals surface area contributed by atoms with Gasteiger partial charge in [0.1, 0.15) is 0 Å². The first-order chi connectivity index (χ1) is 11.1. The molecule has 1 aromatic heterocycles. The van der Waals surface area contributed by atoms with Crippen LogP contribution in [-0.2, 0) is 6.54 Å². The number of aromatic nitrogens is 1. The SMILES string of the molecule is Cc1ncc(CNC(=O)Nc2cccc(C(=O)NC3CC3)c2)s1. The summed E-state index contributed by atoms with van der Waals surface area (Å²) in [5.74, 6) is -0.100. The van der Waals surface area contributed by atoms with E-state index in [2.05, 4.69) is 20.9 Å². The molecule has 0 atom stereocenters. The summed E-state index contributed by atoms with van der Waals surface area (Å²) in [5.41, 5.74) is 1.14. The lowest BCUT2D eigenvalue weighted by Gasteiger charge is -2.08. The van der Waals surface area contributed by atoms with Gasteiger partial charge in [0.15, 0.2) is 0 Å². The number of hydrogen-bond acceptors (Lipinski definition) is 4. The molecule has 0 saturated heterocycles. The molecule has 1 aliphatic carbocycles. The highest BCUT2D eigenvalue weighted by atomic mass is 32.1. The number of nitrogens with one attached hydrogen (secondary N) is 3. The van der Waals surface area contributed by atoms with E-state index >= 15 is 0 Å². The average molecular weight is 330 g/mol. The topological polar surface area (TPSA) is 83.1 Å². The molecule has 3 amide bonds. The Hall–Kier alpha value is -2.41. The lowest BCUT2D eigenvalue weighted by atomic mass is 10.2. The van der Waals surface area contributed by atoms with Gasteiger partial charge in [-0.2, -0.15) is 0 Å². The van der Waals surface area contributed by atoms with Crippen molar-refractivity contribution >= 4 is 29.0 Å². The van der Waals surface area contributed by atoms with Crippen molar-refractivity contribution in [2.75, 3.05) is 5.32 Å². The Morgan fingerprint density at radius 3 is 2.87 bits per heavy atom. The molecule has 0 unspecified atom stereocenters.